The van der Waals surface area contributed by atoms with Gasteiger partial charge in [-0.3, -0.25) is 29.0 Å². The molecule has 324 valence electrons. The molecule has 2 fully saturated rings. The summed E-state index contributed by atoms with van der Waals surface area (Å²) in [6.07, 6.45) is 0. The summed E-state index contributed by atoms with van der Waals surface area (Å²) in [6, 6.07) is 19.0. The fourth-order valence-corrected chi connectivity index (χ4v) is 9.21. The number of amides is 1. The smallest absolute Gasteiger partial charge is 0.219 e. The molecule has 0 unspecified atom stereocenters. The molecule has 2 saturated heterocycles. The number of hydrogen-bond donors (Lipinski definition) is 1. The Bertz CT molecular complexity index is 2040. The number of benzene rings is 2. The number of likely N-dealkylation sites (tertiary alicyclic amines) is 2. The highest BCUT2D eigenvalue weighted by Crippen LogP contribution is 2.32. The maximum absolute atomic E-state index is 12.3. The van der Waals surface area contributed by atoms with E-state index in [2.05, 4.69) is 107 Å². The van der Waals surface area contributed by atoms with Gasteiger partial charge in [0.1, 0.15) is 19.1 Å². The van der Waals surface area contributed by atoms with Gasteiger partial charge in [-0.05, 0) is 76.4 Å². The lowest BCUT2D eigenvalue weighted by Gasteiger charge is -2.39. The van der Waals surface area contributed by atoms with E-state index in [9.17, 15) is 19.2 Å². The van der Waals surface area contributed by atoms with Crippen molar-refractivity contribution in [2.24, 2.45) is 0 Å². The van der Waals surface area contributed by atoms with Gasteiger partial charge in [-0.2, -0.15) is 0 Å². The van der Waals surface area contributed by atoms with E-state index in [1.165, 1.54) is 38.1 Å². The predicted molar refractivity (Wildman–Crippen MR) is 253 cm³/mol. The van der Waals surface area contributed by atoms with Crippen LogP contribution >= 0.6 is 56.8 Å². The van der Waals surface area contributed by atoms with Gasteiger partial charge in [0.2, 0.25) is 11.1 Å². The van der Waals surface area contributed by atoms with E-state index in [0.29, 0.717) is 31.5 Å². The number of ketones is 2. The zero-order valence-electron chi connectivity index (χ0n) is 35.4. The lowest BCUT2D eigenvalue weighted by atomic mass is 9.97. The number of carbonyl (C=O) groups is 4. The lowest BCUT2D eigenvalue weighted by molar-refractivity contribution is -0.130. The molecule has 1 amide bonds. The molecule has 6 heterocycles. The minimum Gasteiger partial charge on any atom is -0.335 e. The normalized spacial score (nSPS) is 16.4. The Labute approximate surface area is 386 Å². The number of nitrogens with zero attached hydrogens (tertiary/aromatic N) is 8. The quantitative estimate of drug-likeness (QED) is 0.107. The predicted octanol–water partition coefficient (Wildman–Crippen LogP) is 6.12. The topological polar surface area (TPSA) is 129 Å². The van der Waals surface area contributed by atoms with Crippen LogP contribution in [0.3, 0.4) is 0 Å². The van der Waals surface area contributed by atoms with Crippen LogP contribution in [0.2, 0.25) is 0 Å². The SMILES string of the molecule is CC(=O)Cl.CC(=O)N1CCn2c(C3CN(CC(=O)c4ccccc4)C3)nc(I)c2C1.CCN(CC)CC.O=C(CN1CC(c2nc(I)c3n2CCNC3)C1)c1ccccc1. The fourth-order valence-electron chi connectivity index (χ4n) is 7.77. The molecule has 8 rings (SSSR count). The van der Waals surface area contributed by atoms with Crippen LogP contribution in [0.1, 0.15) is 90.2 Å². The summed E-state index contributed by atoms with van der Waals surface area (Å²) in [5.41, 5.74) is 4.02. The van der Waals surface area contributed by atoms with Crippen LogP contribution in [0.4, 0.5) is 0 Å². The molecule has 4 aliphatic rings. The molecule has 0 spiro atoms. The Morgan fingerprint density at radius 2 is 1.13 bits per heavy atom. The third-order valence-corrected chi connectivity index (χ3v) is 12.9. The zero-order valence-corrected chi connectivity index (χ0v) is 40.5. The van der Waals surface area contributed by atoms with E-state index in [0.717, 1.165) is 88.9 Å². The van der Waals surface area contributed by atoms with Crippen molar-refractivity contribution >= 4 is 79.5 Å². The monoisotopic (exact) mass is 1070 g/mol. The van der Waals surface area contributed by atoms with Gasteiger partial charge < -0.3 is 24.3 Å². The Hall–Kier alpha value is -3.07. The fraction of sp³-hybridized carbons (Fsp3) is 0.500. The highest BCUT2D eigenvalue weighted by atomic mass is 127. The number of halogens is 3. The van der Waals surface area contributed by atoms with Crippen LogP contribution in [0, 0.1) is 7.40 Å². The number of imidazole rings is 2. The highest BCUT2D eigenvalue weighted by Gasteiger charge is 2.36. The first-order valence-corrected chi connectivity index (χ1v) is 23.3. The van der Waals surface area contributed by atoms with Crippen molar-refractivity contribution in [1.82, 2.24) is 44.0 Å². The Kier molecular flexibility index (Phi) is 18.7. The summed E-state index contributed by atoms with van der Waals surface area (Å²) >= 11 is 9.23. The summed E-state index contributed by atoms with van der Waals surface area (Å²) < 4.78 is 6.76. The molecule has 4 aromatic rings. The van der Waals surface area contributed by atoms with Gasteiger partial charge in [0, 0.05) is 95.7 Å². The minimum atomic E-state index is -0.361. The summed E-state index contributed by atoms with van der Waals surface area (Å²) in [4.78, 5) is 63.6. The van der Waals surface area contributed by atoms with Crippen LogP contribution in [-0.2, 0) is 35.8 Å². The Morgan fingerprint density at radius 1 is 0.700 bits per heavy atom. The molecule has 4 aliphatic heterocycles. The van der Waals surface area contributed by atoms with Crippen molar-refractivity contribution < 1.29 is 19.2 Å². The second-order valence-electron chi connectivity index (χ2n) is 15.3. The maximum atomic E-state index is 12.3. The van der Waals surface area contributed by atoms with Crippen molar-refractivity contribution in [2.75, 3.05) is 72.0 Å². The van der Waals surface area contributed by atoms with Gasteiger partial charge in [-0.1, -0.05) is 81.4 Å². The maximum Gasteiger partial charge on any atom is 0.219 e. The van der Waals surface area contributed by atoms with E-state index >= 15 is 0 Å². The molecule has 2 aromatic heterocycles. The van der Waals surface area contributed by atoms with Crippen molar-refractivity contribution in [3.8, 4) is 0 Å². The van der Waals surface area contributed by atoms with E-state index in [-0.39, 0.29) is 22.7 Å². The third-order valence-electron chi connectivity index (χ3n) is 11.2. The number of Topliss-reactive ketones (excluding diaryl/α,β-unsaturated/α-hetero) is 2. The average Bonchev–Trinajstić information content (AvgIpc) is 3.73. The summed E-state index contributed by atoms with van der Waals surface area (Å²) in [6.45, 7) is 22.7. The lowest BCUT2D eigenvalue weighted by Crippen LogP contribution is -2.48. The molecule has 0 saturated carbocycles. The molecule has 13 nitrogen and oxygen atoms in total. The van der Waals surface area contributed by atoms with Crippen LogP contribution < -0.4 is 5.32 Å². The van der Waals surface area contributed by atoms with E-state index < -0.39 is 0 Å². The summed E-state index contributed by atoms with van der Waals surface area (Å²) in [7, 11) is 0. The summed E-state index contributed by atoms with van der Waals surface area (Å²) in [5, 5.41) is 3.04. The van der Waals surface area contributed by atoms with Crippen LogP contribution in [0.15, 0.2) is 60.7 Å². The second-order valence-corrected chi connectivity index (χ2v) is 17.9. The molecule has 0 aliphatic carbocycles. The van der Waals surface area contributed by atoms with Gasteiger partial charge in [0.15, 0.2) is 11.6 Å². The molecule has 2 aromatic carbocycles. The number of nitrogens with one attached hydrogen (secondary N) is 1. The van der Waals surface area contributed by atoms with Crippen LogP contribution in [0.25, 0.3) is 0 Å². The molecule has 16 heteroatoms. The second kappa shape index (κ2) is 23.4. The van der Waals surface area contributed by atoms with Crippen molar-refractivity contribution in [2.45, 2.75) is 72.6 Å². The molecule has 60 heavy (non-hydrogen) atoms. The standard InChI is InChI=1S/C19H21IN4O2.C17H19IN4O.C6H15N.C2H3ClO/c1-13(25)23-7-8-24-16(11-23)18(20)21-19(24)15-9-22(10-15)12-17(26)14-5-3-2-4-6-14;18-16-14-8-19-6-7-22(14)17(20-16)13-9-21(10-13)11-15(23)12-4-2-1-3-5-12;1-4-7(5-2)6-3;1-2(3)4/h2-6,15H,7-12H2,1H3;1-5,13,19H,6-11H2;4-6H2,1-3H3;1H3. The zero-order chi connectivity index (χ0) is 43.3. The van der Waals surface area contributed by atoms with Gasteiger partial charge in [0.25, 0.3) is 0 Å². The van der Waals surface area contributed by atoms with Crippen molar-refractivity contribution in [1.29, 1.82) is 0 Å². The van der Waals surface area contributed by atoms with E-state index in [1.807, 2.05) is 65.6 Å². The Morgan fingerprint density at radius 3 is 1.55 bits per heavy atom. The van der Waals surface area contributed by atoms with E-state index in [4.69, 9.17) is 9.97 Å². The molecular weight excluding hydrogens is 1010 g/mol. The average molecular weight is 1070 g/mol. The number of carbonyl (C=O) groups excluding carboxylic acids is 4. The largest absolute Gasteiger partial charge is 0.335 e. The number of hydrogen-bond acceptors (Lipinski definition) is 10. The molecular formula is C44H58ClI2N9O4. The van der Waals surface area contributed by atoms with E-state index in [1.54, 1.807) is 6.92 Å². The number of aromatic nitrogens is 4. The molecule has 0 bridgehead atoms. The number of rotatable bonds is 11. The van der Waals surface area contributed by atoms with Gasteiger partial charge >= 0.3 is 0 Å². The minimum absolute atomic E-state index is 0.115. The first kappa shape index (κ1) is 48.0. The Balaban J connectivity index is 0.000000184. The van der Waals surface area contributed by atoms with Crippen LogP contribution in [0.5, 0.6) is 0 Å². The third kappa shape index (κ3) is 13.0. The number of fused-ring (bicyclic) bond motifs is 2. The molecule has 0 radical (unpaired) electrons. The van der Waals surface area contributed by atoms with Gasteiger partial charge in [-0.15, -0.1) is 0 Å². The molecule has 1 N–H and O–H groups in total. The summed E-state index contributed by atoms with van der Waals surface area (Å²) in [5.74, 6) is 3.62. The van der Waals surface area contributed by atoms with Gasteiger partial charge in [-0.25, -0.2) is 9.97 Å². The first-order chi connectivity index (χ1) is 28.8. The van der Waals surface area contributed by atoms with Crippen molar-refractivity contribution in [3.63, 3.8) is 0 Å². The van der Waals surface area contributed by atoms with Crippen molar-refractivity contribution in [3.05, 3.63) is 102 Å². The first-order valence-electron chi connectivity index (χ1n) is 20.8. The molecule has 0 atom stereocenters. The van der Waals surface area contributed by atoms with Gasteiger partial charge in [0.05, 0.1) is 31.0 Å². The van der Waals surface area contributed by atoms with Crippen LogP contribution in [-0.4, -0.2) is 133 Å². The highest BCUT2D eigenvalue weighted by molar-refractivity contribution is 14.1.